The minimum atomic E-state index is -0.0255. The highest BCUT2D eigenvalue weighted by molar-refractivity contribution is 9.11. The highest BCUT2D eigenvalue weighted by Gasteiger charge is 2.08. The van der Waals surface area contributed by atoms with Crippen LogP contribution in [0.15, 0.2) is 39.8 Å². The Bertz CT molecular complexity index is 312. The van der Waals surface area contributed by atoms with Crippen LogP contribution in [0, 0.1) is 0 Å². The van der Waals surface area contributed by atoms with Gasteiger partial charge in [-0.15, -0.1) is 6.58 Å². The van der Waals surface area contributed by atoms with Crippen molar-refractivity contribution < 1.29 is 0 Å². The van der Waals surface area contributed by atoms with Crippen LogP contribution >= 0.6 is 31.9 Å². The van der Waals surface area contributed by atoms with E-state index < -0.39 is 0 Å². The molecule has 1 rings (SSSR count). The van der Waals surface area contributed by atoms with Gasteiger partial charge in [0.1, 0.15) is 0 Å². The molecule has 1 atom stereocenters. The van der Waals surface area contributed by atoms with E-state index in [1.807, 2.05) is 18.2 Å². The molecule has 1 aromatic rings. The molecule has 4 heteroatoms. The van der Waals surface area contributed by atoms with Gasteiger partial charge in [-0.25, -0.2) is 5.43 Å². The van der Waals surface area contributed by atoms with Crippen LogP contribution in [0.2, 0.25) is 0 Å². The molecular formula is C9H10Br2N2. The van der Waals surface area contributed by atoms with E-state index in [0.717, 1.165) is 14.5 Å². The zero-order valence-electron chi connectivity index (χ0n) is 6.93. The molecule has 13 heavy (non-hydrogen) atoms. The summed E-state index contributed by atoms with van der Waals surface area (Å²) in [5, 5.41) is 0. The van der Waals surface area contributed by atoms with E-state index in [1.54, 1.807) is 6.08 Å². The van der Waals surface area contributed by atoms with E-state index in [9.17, 15) is 0 Å². The monoisotopic (exact) mass is 304 g/mol. The lowest BCUT2D eigenvalue weighted by atomic mass is 10.1. The van der Waals surface area contributed by atoms with Crippen molar-refractivity contribution in [3.63, 3.8) is 0 Å². The van der Waals surface area contributed by atoms with Crippen molar-refractivity contribution in [3.05, 3.63) is 45.4 Å². The summed E-state index contributed by atoms with van der Waals surface area (Å²) in [7, 11) is 0. The highest BCUT2D eigenvalue weighted by Crippen LogP contribution is 2.26. The summed E-state index contributed by atoms with van der Waals surface area (Å²) in [6, 6.07) is 5.90. The molecule has 1 aromatic carbocycles. The Hall–Kier alpha value is -0.160. The minimum Gasteiger partial charge on any atom is -0.271 e. The van der Waals surface area contributed by atoms with Crippen LogP contribution in [-0.2, 0) is 0 Å². The number of hydrogen-bond donors (Lipinski definition) is 2. The average Bonchev–Trinajstić information content (AvgIpc) is 2.10. The molecule has 0 saturated heterocycles. The van der Waals surface area contributed by atoms with Gasteiger partial charge in [-0.2, -0.15) is 0 Å². The largest absolute Gasteiger partial charge is 0.271 e. The fourth-order valence-electron chi connectivity index (χ4n) is 1.04. The van der Waals surface area contributed by atoms with Gasteiger partial charge < -0.3 is 0 Å². The number of nitrogens with one attached hydrogen (secondary N) is 1. The molecule has 0 aliphatic heterocycles. The first kappa shape index (κ1) is 10.9. The first-order valence-corrected chi connectivity index (χ1v) is 5.31. The first-order valence-electron chi connectivity index (χ1n) is 3.72. The van der Waals surface area contributed by atoms with Gasteiger partial charge in [0, 0.05) is 8.95 Å². The minimum absolute atomic E-state index is 0.0255. The van der Waals surface area contributed by atoms with Crippen LogP contribution in [0.1, 0.15) is 11.6 Å². The lowest BCUT2D eigenvalue weighted by molar-refractivity contribution is 0.654. The SMILES string of the molecule is C=CC(NN)c1ccc(Br)cc1Br. The molecule has 0 bridgehead atoms. The van der Waals surface area contributed by atoms with E-state index in [-0.39, 0.29) is 6.04 Å². The van der Waals surface area contributed by atoms with Crippen molar-refractivity contribution in [2.45, 2.75) is 6.04 Å². The Morgan fingerprint density at radius 2 is 2.15 bits per heavy atom. The van der Waals surface area contributed by atoms with Crippen molar-refractivity contribution in [1.82, 2.24) is 5.43 Å². The predicted molar refractivity (Wildman–Crippen MR) is 62.1 cm³/mol. The number of hydrazine groups is 1. The Morgan fingerprint density at radius 3 is 2.62 bits per heavy atom. The van der Waals surface area contributed by atoms with Crippen molar-refractivity contribution >= 4 is 31.9 Å². The summed E-state index contributed by atoms with van der Waals surface area (Å²) in [4.78, 5) is 0. The Balaban J connectivity index is 3.06. The molecule has 1 unspecified atom stereocenters. The maximum absolute atomic E-state index is 5.37. The van der Waals surface area contributed by atoms with Gasteiger partial charge >= 0.3 is 0 Å². The molecule has 70 valence electrons. The third-order valence-corrected chi connectivity index (χ3v) is 2.89. The lowest BCUT2D eigenvalue weighted by Crippen LogP contribution is -2.26. The number of halogens is 2. The summed E-state index contributed by atoms with van der Waals surface area (Å²) in [6.45, 7) is 3.70. The molecule has 0 amide bonds. The fourth-order valence-corrected chi connectivity index (χ4v) is 2.33. The number of hydrogen-bond acceptors (Lipinski definition) is 2. The lowest BCUT2D eigenvalue weighted by Gasteiger charge is -2.13. The molecule has 3 N–H and O–H groups in total. The normalized spacial score (nSPS) is 12.5. The van der Waals surface area contributed by atoms with Crippen LogP contribution in [0.4, 0.5) is 0 Å². The highest BCUT2D eigenvalue weighted by atomic mass is 79.9. The van der Waals surface area contributed by atoms with Crippen molar-refractivity contribution in [2.75, 3.05) is 0 Å². The van der Waals surface area contributed by atoms with E-state index >= 15 is 0 Å². The van der Waals surface area contributed by atoms with Crippen LogP contribution in [0.3, 0.4) is 0 Å². The van der Waals surface area contributed by atoms with Gasteiger partial charge in [-0.05, 0) is 17.7 Å². The van der Waals surface area contributed by atoms with Gasteiger partial charge in [0.2, 0.25) is 0 Å². The average molecular weight is 306 g/mol. The zero-order chi connectivity index (χ0) is 9.84. The van der Waals surface area contributed by atoms with Crippen molar-refractivity contribution in [2.24, 2.45) is 5.84 Å². The summed E-state index contributed by atoms with van der Waals surface area (Å²) in [5.41, 5.74) is 3.74. The third kappa shape index (κ3) is 2.64. The predicted octanol–water partition coefficient (Wildman–Crippen LogP) is 2.90. The Labute approximate surface area is 94.4 Å². The zero-order valence-corrected chi connectivity index (χ0v) is 10.1. The standard InChI is InChI=1S/C9H10Br2N2/c1-2-9(13-12)7-4-3-6(10)5-8(7)11/h2-5,9,13H,1,12H2. The van der Waals surface area contributed by atoms with Gasteiger partial charge in [0.05, 0.1) is 6.04 Å². The van der Waals surface area contributed by atoms with Crippen LogP contribution in [0.5, 0.6) is 0 Å². The maximum Gasteiger partial charge on any atom is 0.0649 e. The number of benzene rings is 1. The summed E-state index contributed by atoms with van der Waals surface area (Å²) in [6.07, 6.45) is 1.76. The molecule has 0 aliphatic carbocycles. The van der Waals surface area contributed by atoms with E-state index in [0.29, 0.717) is 0 Å². The topological polar surface area (TPSA) is 38.0 Å². The maximum atomic E-state index is 5.37. The molecule has 0 aliphatic rings. The van der Waals surface area contributed by atoms with Crippen LogP contribution < -0.4 is 11.3 Å². The molecule has 0 saturated carbocycles. The van der Waals surface area contributed by atoms with Crippen molar-refractivity contribution in [3.8, 4) is 0 Å². The van der Waals surface area contributed by atoms with Crippen molar-refractivity contribution in [1.29, 1.82) is 0 Å². The van der Waals surface area contributed by atoms with Crippen LogP contribution in [-0.4, -0.2) is 0 Å². The molecule has 0 spiro atoms. The Morgan fingerprint density at radius 1 is 1.46 bits per heavy atom. The molecule has 0 fully saturated rings. The molecule has 0 heterocycles. The van der Waals surface area contributed by atoms with Gasteiger partial charge in [0.15, 0.2) is 0 Å². The Kier molecular flexibility index (Phi) is 4.12. The van der Waals surface area contributed by atoms with Gasteiger partial charge in [0.25, 0.3) is 0 Å². The first-order chi connectivity index (χ1) is 6.19. The summed E-state index contributed by atoms with van der Waals surface area (Å²) < 4.78 is 2.03. The van der Waals surface area contributed by atoms with E-state index in [1.165, 1.54) is 0 Å². The van der Waals surface area contributed by atoms with E-state index in [4.69, 9.17) is 5.84 Å². The molecule has 0 radical (unpaired) electrons. The third-order valence-electron chi connectivity index (χ3n) is 1.71. The quantitative estimate of drug-likeness (QED) is 0.512. The fraction of sp³-hybridized carbons (Fsp3) is 0.111. The smallest absolute Gasteiger partial charge is 0.0649 e. The van der Waals surface area contributed by atoms with E-state index in [2.05, 4.69) is 43.9 Å². The molecule has 2 nitrogen and oxygen atoms in total. The van der Waals surface area contributed by atoms with Gasteiger partial charge in [-0.1, -0.05) is 44.0 Å². The summed E-state index contributed by atoms with van der Waals surface area (Å²) >= 11 is 6.84. The second kappa shape index (κ2) is 4.91. The number of rotatable bonds is 3. The summed E-state index contributed by atoms with van der Waals surface area (Å²) in [5.74, 6) is 5.37. The van der Waals surface area contributed by atoms with Gasteiger partial charge in [-0.3, -0.25) is 5.84 Å². The second-order valence-corrected chi connectivity index (χ2v) is 4.32. The van der Waals surface area contributed by atoms with Crippen LogP contribution in [0.25, 0.3) is 0 Å². The number of nitrogens with two attached hydrogens (primary N) is 1. The second-order valence-electron chi connectivity index (χ2n) is 2.55. The molecular weight excluding hydrogens is 296 g/mol. The molecule has 0 aromatic heterocycles.